The van der Waals surface area contributed by atoms with Gasteiger partial charge in [-0.05, 0) is 13.3 Å². The van der Waals surface area contributed by atoms with Crippen LogP contribution in [0.3, 0.4) is 0 Å². The third-order valence-corrected chi connectivity index (χ3v) is 1.17. The Balaban J connectivity index is 2.74. The summed E-state index contributed by atoms with van der Waals surface area (Å²) < 4.78 is 1.71. The van der Waals surface area contributed by atoms with Crippen LogP contribution in [0, 0.1) is 6.20 Å². The summed E-state index contributed by atoms with van der Waals surface area (Å²) in [6.45, 7) is 4.91. The first-order chi connectivity index (χ1) is 4.36. The molecule has 1 aromatic rings. The van der Waals surface area contributed by atoms with Crippen molar-refractivity contribution in [3.63, 3.8) is 0 Å². The zero-order valence-electron chi connectivity index (χ0n) is 5.76. The van der Waals surface area contributed by atoms with Gasteiger partial charge >= 0.3 is 0 Å². The van der Waals surface area contributed by atoms with E-state index < -0.39 is 0 Å². The molecule has 0 amide bonds. The molecule has 0 saturated heterocycles. The second-order valence-electron chi connectivity index (χ2n) is 1.82. The molecule has 0 N–H and O–H groups in total. The van der Waals surface area contributed by atoms with Crippen molar-refractivity contribution < 1.29 is 0 Å². The lowest BCUT2D eigenvalue weighted by Crippen LogP contribution is -1.93. The van der Waals surface area contributed by atoms with Crippen LogP contribution in [-0.4, -0.2) is 15.0 Å². The fourth-order valence-electron chi connectivity index (χ4n) is 0.594. The highest BCUT2D eigenvalue weighted by Crippen LogP contribution is 1.90. The van der Waals surface area contributed by atoms with E-state index in [1.54, 1.807) is 4.68 Å². The molecule has 1 aromatic heterocycles. The van der Waals surface area contributed by atoms with Crippen molar-refractivity contribution in [2.45, 2.75) is 26.8 Å². The van der Waals surface area contributed by atoms with E-state index in [4.69, 9.17) is 0 Å². The van der Waals surface area contributed by atoms with Gasteiger partial charge in [0.05, 0.1) is 5.69 Å². The van der Waals surface area contributed by atoms with Gasteiger partial charge in [0.15, 0.2) is 0 Å². The molecule has 0 aliphatic rings. The molecular formula is C6H10N3. The molecule has 1 heterocycles. The van der Waals surface area contributed by atoms with Crippen LogP contribution in [0.5, 0.6) is 0 Å². The van der Waals surface area contributed by atoms with Crippen molar-refractivity contribution in [3.05, 3.63) is 11.9 Å². The third kappa shape index (κ3) is 1.28. The fraction of sp³-hybridized carbons (Fsp3) is 0.667. The van der Waals surface area contributed by atoms with Gasteiger partial charge in [-0.2, -0.15) is 0 Å². The van der Waals surface area contributed by atoms with Crippen LogP contribution in [-0.2, 0) is 13.0 Å². The van der Waals surface area contributed by atoms with Crippen LogP contribution in [0.1, 0.15) is 19.5 Å². The van der Waals surface area contributed by atoms with E-state index in [1.165, 1.54) is 0 Å². The Morgan fingerprint density at radius 3 is 2.67 bits per heavy atom. The standard InChI is InChI=1S/C6H10N3/c1-3-6-5-9(4-2)8-7-6/h3-4H2,1-2H3. The molecular weight excluding hydrogens is 114 g/mol. The maximum Gasteiger partial charge on any atom is 0.112 e. The maximum absolute atomic E-state index is 3.86. The highest BCUT2D eigenvalue weighted by Gasteiger charge is 1.94. The molecule has 0 spiro atoms. The van der Waals surface area contributed by atoms with Gasteiger partial charge in [-0.3, -0.25) is 0 Å². The largest absolute Gasteiger partial charge is 0.243 e. The van der Waals surface area contributed by atoms with Gasteiger partial charge in [-0.25, -0.2) is 4.68 Å². The maximum atomic E-state index is 3.86. The van der Waals surface area contributed by atoms with Crippen LogP contribution in [0.2, 0.25) is 0 Å². The third-order valence-electron chi connectivity index (χ3n) is 1.17. The van der Waals surface area contributed by atoms with Crippen molar-refractivity contribution in [2.75, 3.05) is 0 Å². The first kappa shape index (κ1) is 6.26. The van der Waals surface area contributed by atoms with E-state index in [0.717, 1.165) is 18.7 Å². The predicted octanol–water partition coefficient (Wildman–Crippen LogP) is 0.661. The number of hydrogen-bond donors (Lipinski definition) is 0. The highest BCUT2D eigenvalue weighted by atomic mass is 15.4. The second kappa shape index (κ2) is 2.62. The predicted molar refractivity (Wildman–Crippen MR) is 33.9 cm³/mol. The minimum absolute atomic E-state index is 0.854. The van der Waals surface area contributed by atoms with Crippen LogP contribution in [0.4, 0.5) is 0 Å². The van der Waals surface area contributed by atoms with Crippen LogP contribution in [0.25, 0.3) is 0 Å². The molecule has 0 unspecified atom stereocenters. The summed E-state index contributed by atoms with van der Waals surface area (Å²) in [6, 6.07) is 0. The van der Waals surface area contributed by atoms with Gasteiger partial charge in [0.25, 0.3) is 0 Å². The van der Waals surface area contributed by atoms with Gasteiger partial charge in [-0.15, -0.1) is 5.10 Å². The summed E-state index contributed by atoms with van der Waals surface area (Å²) in [5.74, 6) is 0. The SMILES string of the molecule is CCc1[c]n(CC)nn1. The Bertz CT molecular complexity index is 162. The molecule has 0 bridgehead atoms. The first-order valence-electron chi connectivity index (χ1n) is 3.18. The monoisotopic (exact) mass is 124 g/mol. The molecule has 0 atom stereocenters. The van der Waals surface area contributed by atoms with Crippen molar-refractivity contribution in [1.29, 1.82) is 0 Å². The number of aromatic nitrogens is 3. The average molecular weight is 124 g/mol. The lowest BCUT2D eigenvalue weighted by molar-refractivity contribution is 0.623. The van der Waals surface area contributed by atoms with Crippen molar-refractivity contribution in [2.24, 2.45) is 0 Å². The molecule has 0 fully saturated rings. The topological polar surface area (TPSA) is 30.7 Å². The molecule has 0 aromatic carbocycles. The van der Waals surface area contributed by atoms with E-state index in [0.29, 0.717) is 0 Å². The lowest BCUT2D eigenvalue weighted by Gasteiger charge is -1.85. The number of nitrogens with zero attached hydrogens (tertiary/aromatic N) is 3. The molecule has 3 heteroatoms. The van der Waals surface area contributed by atoms with Gasteiger partial charge in [-0.1, -0.05) is 12.1 Å². The summed E-state index contributed by atoms with van der Waals surface area (Å²) in [5, 5.41) is 7.68. The number of hydrogen-bond acceptors (Lipinski definition) is 2. The Hall–Kier alpha value is -0.860. The quantitative estimate of drug-likeness (QED) is 0.580. The van der Waals surface area contributed by atoms with Crippen molar-refractivity contribution in [1.82, 2.24) is 15.0 Å². The number of aryl methyl sites for hydroxylation is 2. The highest BCUT2D eigenvalue weighted by molar-refractivity contribution is 4.87. The molecule has 49 valence electrons. The molecule has 9 heavy (non-hydrogen) atoms. The average Bonchev–Trinajstić information content (AvgIpc) is 2.34. The minimum Gasteiger partial charge on any atom is -0.243 e. The van der Waals surface area contributed by atoms with Crippen molar-refractivity contribution >= 4 is 0 Å². The normalized spacial score (nSPS) is 10.0. The van der Waals surface area contributed by atoms with Gasteiger partial charge in [0.1, 0.15) is 6.20 Å². The summed E-state index contributed by atoms with van der Waals surface area (Å²) in [6.07, 6.45) is 3.92. The molecule has 0 aliphatic carbocycles. The Labute approximate surface area is 54.7 Å². The van der Waals surface area contributed by atoms with E-state index in [-0.39, 0.29) is 0 Å². The minimum atomic E-state index is 0.854. The molecule has 0 saturated carbocycles. The van der Waals surface area contributed by atoms with Gasteiger partial charge in [0.2, 0.25) is 0 Å². The van der Waals surface area contributed by atoms with Crippen LogP contribution < -0.4 is 0 Å². The van der Waals surface area contributed by atoms with E-state index in [1.807, 2.05) is 13.8 Å². The van der Waals surface area contributed by atoms with E-state index in [2.05, 4.69) is 16.5 Å². The summed E-state index contributed by atoms with van der Waals surface area (Å²) >= 11 is 0. The van der Waals surface area contributed by atoms with E-state index >= 15 is 0 Å². The van der Waals surface area contributed by atoms with Crippen LogP contribution >= 0.6 is 0 Å². The first-order valence-corrected chi connectivity index (χ1v) is 3.18. The summed E-state index contributed by atoms with van der Waals surface area (Å²) in [7, 11) is 0. The zero-order chi connectivity index (χ0) is 6.69. The van der Waals surface area contributed by atoms with Crippen molar-refractivity contribution in [3.8, 4) is 0 Å². The Morgan fingerprint density at radius 2 is 2.33 bits per heavy atom. The van der Waals surface area contributed by atoms with Gasteiger partial charge < -0.3 is 0 Å². The molecule has 1 rings (SSSR count). The summed E-state index contributed by atoms with van der Waals surface area (Å²) in [4.78, 5) is 0. The van der Waals surface area contributed by atoms with Crippen LogP contribution in [0.15, 0.2) is 0 Å². The smallest absolute Gasteiger partial charge is 0.112 e. The van der Waals surface area contributed by atoms with E-state index in [9.17, 15) is 0 Å². The second-order valence-corrected chi connectivity index (χ2v) is 1.82. The van der Waals surface area contributed by atoms with Gasteiger partial charge in [0, 0.05) is 6.54 Å². The zero-order valence-corrected chi connectivity index (χ0v) is 5.76. The summed E-state index contributed by atoms with van der Waals surface area (Å²) in [5.41, 5.74) is 0.942. The Kier molecular flexibility index (Phi) is 1.82. The molecule has 1 radical (unpaired) electrons. The fourth-order valence-corrected chi connectivity index (χ4v) is 0.594. The lowest BCUT2D eigenvalue weighted by atomic mass is 10.4. The Morgan fingerprint density at radius 1 is 1.56 bits per heavy atom. The number of rotatable bonds is 2. The molecule has 3 nitrogen and oxygen atoms in total. The molecule has 0 aliphatic heterocycles.